The molecule has 0 saturated heterocycles. The average molecular weight is 501 g/mol. The van der Waals surface area contributed by atoms with Gasteiger partial charge in [-0.25, -0.2) is 15.0 Å². The van der Waals surface area contributed by atoms with Gasteiger partial charge in [-0.05, 0) is 70.5 Å². The van der Waals surface area contributed by atoms with E-state index >= 15 is 0 Å². The number of hydrogen-bond donors (Lipinski definition) is 0. The third-order valence-electron chi connectivity index (χ3n) is 5.54. The highest BCUT2D eigenvalue weighted by Crippen LogP contribution is 2.37. The highest BCUT2D eigenvalue weighted by molar-refractivity contribution is 9.10. The van der Waals surface area contributed by atoms with E-state index in [4.69, 9.17) is 19.1 Å². The molecule has 164 valence electrons. The Hall–Kier alpha value is -1.93. The van der Waals surface area contributed by atoms with Gasteiger partial charge in [0.05, 0.1) is 48.3 Å². The van der Waals surface area contributed by atoms with Crippen LogP contribution in [0.15, 0.2) is 59.2 Å². The van der Waals surface area contributed by atoms with Crippen LogP contribution in [0.2, 0.25) is 18.1 Å². The predicted octanol–water partition coefficient (Wildman–Crippen LogP) is 6.54. The number of pyridine rings is 3. The smallest absolute Gasteiger partial charge is 0.192 e. The Kier molecular flexibility index (Phi) is 7.75. The maximum atomic E-state index is 6.32. The van der Waals surface area contributed by atoms with E-state index in [0.717, 1.165) is 33.1 Å². The zero-order chi connectivity index (χ0) is 22.5. The average Bonchev–Trinajstić information content (AvgIpc) is 2.72. The summed E-state index contributed by atoms with van der Waals surface area (Å²) in [6.07, 6.45) is 0. The fraction of sp³-hybridized carbons (Fsp3) is 0.375. The summed E-state index contributed by atoms with van der Waals surface area (Å²) in [5, 5.41) is 0.172. The normalized spacial score (nSPS) is 12.2. The Morgan fingerprint density at radius 2 is 1.23 bits per heavy atom. The molecule has 0 saturated carbocycles. The SMILES string of the molecule is CC(C)(C)[Si](C)(C)OCc1cccc(-c2cccc(COCc3cccc(Br)n3)n2)n1. The molecular formula is C24H30BrN3O2Si. The van der Waals surface area contributed by atoms with Crippen LogP contribution in [0.1, 0.15) is 37.9 Å². The van der Waals surface area contributed by atoms with Gasteiger partial charge in [0.25, 0.3) is 0 Å². The highest BCUT2D eigenvalue weighted by Gasteiger charge is 2.37. The van der Waals surface area contributed by atoms with Crippen LogP contribution in [0.25, 0.3) is 11.4 Å². The molecule has 0 aliphatic heterocycles. The summed E-state index contributed by atoms with van der Waals surface area (Å²) in [5.74, 6) is 0. The first-order chi connectivity index (χ1) is 14.6. The van der Waals surface area contributed by atoms with E-state index in [1.807, 2.05) is 54.6 Å². The van der Waals surface area contributed by atoms with Crippen LogP contribution in [0.5, 0.6) is 0 Å². The Morgan fingerprint density at radius 3 is 1.74 bits per heavy atom. The number of rotatable bonds is 8. The Bertz CT molecular complexity index is 1020. The minimum Gasteiger partial charge on any atom is -0.411 e. The second kappa shape index (κ2) is 10.1. The molecule has 0 atom stereocenters. The van der Waals surface area contributed by atoms with Gasteiger partial charge in [-0.1, -0.05) is 39.0 Å². The van der Waals surface area contributed by atoms with Crippen molar-refractivity contribution in [2.75, 3.05) is 0 Å². The number of halogens is 1. The van der Waals surface area contributed by atoms with Crippen LogP contribution in [0.3, 0.4) is 0 Å². The first-order valence-electron chi connectivity index (χ1n) is 10.4. The first kappa shape index (κ1) is 23.7. The van der Waals surface area contributed by atoms with Crippen molar-refractivity contribution in [3.63, 3.8) is 0 Å². The molecule has 3 rings (SSSR count). The lowest BCUT2D eigenvalue weighted by atomic mass is 10.2. The van der Waals surface area contributed by atoms with E-state index in [9.17, 15) is 0 Å². The lowest BCUT2D eigenvalue weighted by Crippen LogP contribution is -2.40. The lowest BCUT2D eigenvalue weighted by Gasteiger charge is -2.36. The molecule has 0 bridgehead atoms. The number of ether oxygens (including phenoxy) is 1. The van der Waals surface area contributed by atoms with Gasteiger partial charge < -0.3 is 9.16 Å². The molecule has 31 heavy (non-hydrogen) atoms. The topological polar surface area (TPSA) is 57.1 Å². The van der Waals surface area contributed by atoms with E-state index in [1.165, 1.54) is 0 Å². The maximum Gasteiger partial charge on any atom is 0.192 e. The number of hydrogen-bond acceptors (Lipinski definition) is 5. The third-order valence-corrected chi connectivity index (χ3v) is 10.5. The molecule has 0 aliphatic rings. The predicted molar refractivity (Wildman–Crippen MR) is 130 cm³/mol. The van der Waals surface area contributed by atoms with Crippen molar-refractivity contribution < 1.29 is 9.16 Å². The lowest BCUT2D eigenvalue weighted by molar-refractivity contribution is 0.102. The monoisotopic (exact) mass is 499 g/mol. The standard InChI is InChI=1S/C24H30BrN3O2Si/c1-24(2,3)31(4,5)30-17-20-10-7-13-22(27-20)21-12-6-9-18(26-21)15-29-16-19-11-8-14-23(25)28-19/h6-14H,15-17H2,1-5H3. The van der Waals surface area contributed by atoms with Gasteiger partial charge in [0.1, 0.15) is 4.60 Å². The molecule has 5 nitrogen and oxygen atoms in total. The van der Waals surface area contributed by atoms with Gasteiger partial charge >= 0.3 is 0 Å². The summed E-state index contributed by atoms with van der Waals surface area (Å²) >= 11 is 3.38. The maximum absolute atomic E-state index is 6.32. The van der Waals surface area contributed by atoms with Gasteiger partial charge in [0, 0.05) is 0 Å². The molecule has 3 aromatic heterocycles. The van der Waals surface area contributed by atoms with Crippen LogP contribution >= 0.6 is 15.9 Å². The van der Waals surface area contributed by atoms with Crippen molar-refractivity contribution in [1.29, 1.82) is 0 Å². The molecule has 0 unspecified atom stereocenters. The van der Waals surface area contributed by atoms with E-state index in [0.29, 0.717) is 19.8 Å². The zero-order valence-corrected chi connectivity index (χ0v) is 21.4. The van der Waals surface area contributed by atoms with Crippen molar-refractivity contribution in [3.8, 4) is 11.4 Å². The Balaban J connectivity index is 1.64. The quantitative estimate of drug-likeness (QED) is 0.260. The summed E-state index contributed by atoms with van der Waals surface area (Å²) < 4.78 is 12.9. The zero-order valence-electron chi connectivity index (χ0n) is 18.9. The molecule has 0 aliphatic carbocycles. The van der Waals surface area contributed by atoms with Gasteiger partial charge in [-0.2, -0.15) is 0 Å². The molecule has 3 heterocycles. The van der Waals surface area contributed by atoms with E-state index in [2.05, 4.69) is 54.8 Å². The minimum absolute atomic E-state index is 0.172. The van der Waals surface area contributed by atoms with Crippen molar-refractivity contribution in [2.24, 2.45) is 0 Å². The summed E-state index contributed by atoms with van der Waals surface area (Å²) in [6.45, 7) is 12.6. The summed E-state index contributed by atoms with van der Waals surface area (Å²) in [5.41, 5.74) is 4.33. The van der Waals surface area contributed by atoms with Gasteiger partial charge in [0.2, 0.25) is 0 Å². The molecule has 0 amide bonds. The van der Waals surface area contributed by atoms with Crippen LogP contribution < -0.4 is 0 Å². The van der Waals surface area contributed by atoms with Crippen molar-refractivity contribution >= 4 is 24.2 Å². The summed E-state index contributed by atoms with van der Waals surface area (Å²) in [4.78, 5) is 13.9. The highest BCUT2D eigenvalue weighted by atomic mass is 79.9. The largest absolute Gasteiger partial charge is 0.411 e. The Labute approximate surface area is 194 Å². The second-order valence-electron chi connectivity index (χ2n) is 9.02. The van der Waals surface area contributed by atoms with Gasteiger partial charge in [-0.15, -0.1) is 0 Å². The molecule has 0 spiro atoms. The Morgan fingerprint density at radius 1 is 0.742 bits per heavy atom. The molecular weight excluding hydrogens is 470 g/mol. The molecule has 0 aromatic carbocycles. The third kappa shape index (κ3) is 6.77. The van der Waals surface area contributed by atoms with Crippen molar-refractivity contribution in [1.82, 2.24) is 15.0 Å². The molecule has 0 fully saturated rings. The van der Waals surface area contributed by atoms with Crippen LogP contribution in [-0.4, -0.2) is 23.3 Å². The van der Waals surface area contributed by atoms with E-state index in [1.54, 1.807) is 0 Å². The molecule has 7 heteroatoms. The van der Waals surface area contributed by atoms with Crippen LogP contribution in [-0.2, 0) is 29.0 Å². The molecule has 0 radical (unpaired) electrons. The number of nitrogens with zero attached hydrogens (tertiary/aromatic N) is 3. The second-order valence-corrected chi connectivity index (χ2v) is 14.6. The minimum atomic E-state index is -1.82. The summed E-state index contributed by atoms with van der Waals surface area (Å²) in [6, 6.07) is 17.7. The van der Waals surface area contributed by atoms with Gasteiger partial charge in [-0.3, -0.25) is 0 Å². The fourth-order valence-electron chi connectivity index (χ4n) is 2.67. The first-order valence-corrected chi connectivity index (χ1v) is 14.1. The van der Waals surface area contributed by atoms with Crippen molar-refractivity contribution in [2.45, 2.75) is 58.7 Å². The van der Waals surface area contributed by atoms with E-state index < -0.39 is 8.32 Å². The van der Waals surface area contributed by atoms with E-state index in [-0.39, 0.29) is 5.04 Å². The molecule has 3 aromatic rings. The van der Waals surface area contributed by atoms with Crippen LogP contribution in [0.4, 0.5) is 0 Å². The van der Waals surface area contributed by atoms with Crippen LogP contribution in [0, 0.1) is 0 Å². The molecule has 0 N–H and O–H groups in total. The fourth-order valence-corrected chi connectivity index (χ4v) is 3.99. The van der Waals surface area contributed by atoms with Gasteiger partial charge in [0.15, 0.2) is 8.32 Å². The number of aromatic nitrogens is 3. The van der Waals surface area contributed by atoms with Crippen molar-refractivity contribution in [3.05, 3.63) is 76.3 Å². The summed E-state index contributed by atoms with van der Waals surface area (Å²) in [7, 11) is -1.82.